The molecular weight excluding hydrogens is 392 g/mol. The molecule has 29 heavy (non-hydrogen) atoms. The molecule has 0 bridgehead atoms. The number of benzene rings is 3. The zero-order chi connectivity index (χ0) is 20.4. The Balaban J connectivity index is 1.63. The quantitative estimate of drug-likeness (QED) is 0.477. The SMILES string of the molecule is COc1ccc(-c2nc3cc(NC(=O)c4ccccc4Cl)ccc3o2)cc1OC. The molecule has 0 unspecified atom stereocenters. The van der Waals surface area contributed by atoms with E-state index >= 15 is 0 Å². The van der Waals surface area contributed by atoms with E-state index in [-0.39, 0.29) is 5.91 Å². The summed E-state index contributed by atoms with van der Waals surface area (Å²) in [6.07, 6.45) is 0. The van der Waals surface area contributed by atoms with Crippen molar-refractivity contribution in [2.75, 3.05) is 19.5 Å². The summed E-state index contributed by atoms with van der Waals surface area (Å²) in [5, 5.41) is 3.22. The second-order valence-corrected chi connectivity index (χ2v) is 6.61. The van der Waals surface area contributed by atoms with Crippen LogP contribution in [0.15, 0.2) is 65.1 Å². The van der Waals surface area contributed by atoms with Gasteiger partial charge in [-0.15, -0.1) is 0 Å². The van der Waals surface area contributed by atoms with Gasteiger partial charge in [-0.2, -0.15) is 0 Å². The van der Waals surface area contributed by atoms with E-state index in [1.807, 2.05) is 6.07 Å². The molecular formula is C22H17ClN2O4. The molecule has 0 saturated heterocycles. The van der Waals surface area contributed by atoms with Crippen molar-refractivity contribution in [2.45, 2.75) is 0 Å². The zero-order valence-electron chi connectivity index (χ0n) is 15.7. The first-order valence-electron chi connectivity index (χ1n) is 8.78. The molecule has 4 aromatic rings. The van der Waals surface area contributed by atoms with E-state index in [9.17, 15) is 4.79 Å². The van der Waals surface area contributed by atoms with Crippen LogP contribution < -0.4 is 14.8 Å². The van der Waals surface area contributed by atoms with Gasteiger partial charge in [-0.25, -0.2) is 4.98 Å². The van der Waals surface area contributed by atoms with Gasteiger partial charge >= 0.3 is 0 Å². The van der Waals surface area contributed by atoms with Gasteiger partial charge in [-0.3, -0.25) is 4.79 Å². The molecule has 0 aliphatic heterocycles. The summed E-state index contributed by atoms with van der Waals surface area (Å²) < 4.78 is 16.4. The number of hydrogen-bond acceptors (Lipinski definition) is 5. The highest BCUT2D eigenvalue weighted by Gasteiger charge is 2.14. The molecule has 0 aliphatic carbocycles. The number of methoxy groups -OCH3 is 2. The number of nitrogens with zero attached hydrogens (tertiary/aromatic N) is 1. The minimum atomic E-state index is -0.293. The topological polar surface area (TPSA) is 73.6 Å². The fourth-order valence-corrected chi connectivity index (χ4v) is 3.16. The van der Waals surface area contributed by atoms with Gasteiger partial charge in [0.2, 0.25) is 5.89 Å². The Kier molecular flexibility index (Phi) is 5.10. The van der Waals surface area contributed by atoms with E-state index in [0.717, 1.165) is 5.56 Å². The number of fused-ring (bicyclic) bond motifs is 1. The molecule has 1 amide bonds. The first kappa shape index (κ1) is 18.8. The Labute approximate surface area is 172 Å². The maximum absolute atomic E-state index is 12.5. The normalized spacial score (nSPS) is 10.7. The number of oxazole rings is 1. The van der Waals surface area contributed by atoms with Crippen LogP contribution >= 0.6 is 11.6 Å². The lowest BCUT2D eigenvalue weighted by Gasteiger charge is -2.07. The highest BCUT2D eigenvalue weighted by Crippen LogP contribution is 2.33. The lowest BCUT2D eigenvalue weighted by atomic mass is 10.2. The van der Waals surface area contributed by atoms with Gasteiger partial charge in [0.25, 0.3) is 5.91 Å². The molecule has 0 aliphatic rings. The van der Waals surface area contributed by atoms with E-state index in [4.69, 9.17) is 25.5 Å². The smallest absolute Gasteiger partial charge is 0.257 e. The van der Waals surface area contributed by atoms with Crippen molar-refractivity contribution < 1.29 is 18.7 Å². The number of amides is 1. The lowest BCUT2D eigenvalue weighted by Crippen LogP contribution is -2.12. The van der Waals surface area contributed by atoms with Gasteiger partial charge < -0.3 is 19.2 Å². The molecule has 1 heterocycles. The molecule has 0 fully saturated rings. The third-order valence-electron chi connectivity index (χ3n) is 4.39. The number of aromatic nitrogens is 1. The molecule has 0 radical (unpaired) electrons. The average Bonchev–Trinajstić information content (AvgIpc) is 3.17. The summed E-state index contributed by atoms with van der Waals surface area (Å²) in [5.74, 6) is 1.35. The van der Waals surface area contributed by atoms with Crippen LogP contribution in [0, 0.1) is 0 Å². The number of halogens is 1. The average molecular weight is 409 g/mol. The Morgan fingerprint density at radius 2 is 1.79 bits per heavy atom. The Morgan fingerprint density at radius 3 is 2.55 bits per heavy atom. The van der Waals surface area contributed by atoms with E-state index < -0.39 is 0 Å². The van der Waals surface area contributed by atoms with E-state index in [2.05, 4.69) is 10.3 Å². The summed E-state index contributed by atoms with van der Waals surface area (Å²) in [5.41, 5.74) is 2.97. The van der Waals surface area contributed by atoms with Crippen LogP contribution in [0.1, 0.15) is 10.4 Å². The predicted octanol–water partition coefficient (Wildman–Crippen LogP) is 5.42. The largest absolute Gasteiger partial charge is 0.493 e. The molecule has 1 aromatic heterocycles. The van der Waals surface area contributed by atoms with Gasteiger partial charge in [0.1, 0.15) is 5.52 Å². The molecule has 6 nitrogen and oxygen atoms in total. The van der Waals surface area contributed by atoms with E-state index in [0.29, 0.717) is 44.8 Å². The number of rotatable bonds is 5. The molecule has 0 atom stereocenters. The van der Waals surface area contributed by atoms with Crippen LogP contribution in [-0.2, 0) is 0 Å². The van der Waals surface area contributed by atoms with Crippen LogP contribution in [0.3, 0.4) is 0 Å². The summed E-state index contributed by atoms with van der Waals surface area (Å²) in [4.78, 5) is 17.0. The molecule has 0 spiro atoms. The van der Waals surface area contributed by atoms with Crippen LogP contribution in [0.25, 0.3) is 22.6 Å². The third kappa shape index (κ3) is 3.75. The monoisotopic (exact) mass is 408 g/mol. The van der Waals surface area contributed by atoms with Gasteiger partial charge in [0, 0.05) is 11.3 Å². The second-order valence-electron chi connectivity index (χ2n) is 6.21. The van der Waals surface area contributed by atoms with Crippen molar-refractivity contribution in [3.63, 3.8) is 0 Å². The molecule has 1 N–H and O–H groups in total. The van der Waals surface area contributed by atoms with Gasteiger partial charge in [-0.1, -0.05) is 23.7 Å². The van der Waals surface area contributed by atoms with Crippen LogP contribution in [0.2, 0.25) is 5.02 Å². The van der Waals surface area contributed by atoms with Crippen LogP contribution in [0.4, 0.5) is 5.69 Å². The van der Waals surface area contributed by atoms with E-state index in [1.165, 1.54) is 0 Å². The first-order chi connectivity index (χ1) is 14.1. The Bertz CT molecular complexity index is 1200. The maximum Gasteiger partial charge on any atom is 0.257 e. The van der Waals surface area contributed by atoms with Crippen molar-refractivity contribution in [3.05, 3.63) is 71.2 Å². The van der Waals surface area contributed by atoms with Crippen molar-refractivity contribution in [2.24, 2.45) is 0 Å². The molecule has 146 valence electrons. The number of ether oxygens (including phenoxy) is 2. The fourth-order valence-electron chi connectivity index (χ4n) is 2.94. The standard InChI is InChI=1S/C22H17ClN2O4/c1-27-19-9-7-13(11-20(19)28-2)22-25-17-12-14(8-10-18(17)29-22)24-21(26)15-5-3-4-6-16(15)23/h3-12H,1-2H3,(H,24,26). The zero-order valence-corrected chi connectivity index (χ0v) is 16.5. The number of carbonyl (C=O) groups excluding carboxylic acids is 1. The van der Waals surface area contributed by atoms with E-state index in [1.54, 1.807) is 68.8 Å². The predicted molar refractivity (Wildman–Crippen MR) is 112 cm³/mol. The Morgan fingerprint density at radius 1 is 1.00 bits per heavy atom. The number of hydrogen-bond donors (Lipinski definition) is 1. The number of nitrogens with one attached hydrogen (secondary N) is 1. The summed E-state index contributed by atoms with van der Waals surface area (Å²) in [6.45, 7) is 0. The second kappa shape index (κ2) is 7.85. The van der Waals surface area contributed by atoms with Crippen molar-refractivity contribution >= 4 is 34.3 Å². The summed E-state index contributed by atoms with van der Waals surface area (Å²) in [7, 11) is 3.15. The highest BCUT2D eigenvalue weighted by atomic mass is 35.5. The first-order valence-corrected chi connectivity index (χ1v) is 9.15. The lowest BCUT2D eigenvalue weighted by molar-refractivity contribution is 0.102. The van der Waals surface area contributed by atoms with Crippen LogP contribution in [-0.4, -0.2) is 25.1 Å². The highest BCUT2D eigenvalue weighted by molar-refractivity contribution is 6.34. The molecule has 0 saturated carbocycles. The van der Waals surface area contributed by atoms with Gasteiger partial charge in [0.15, 0.2) is 17.1 Å². The molecule has 7 heteroatoms. The molecule has 3 aromatic carbocycles. The minimum absolute atomic E-state index is 0.293. The van der Waals surface area contributed by atoms with Crippen molar-refractivity contribution in [1.82, 2.24) is 4.98 Å². The Hall–Kier alpha value is -3.51. The van der Waals surface area contributed by atoms with Gasteiger partial charge in [-0.05, 0) is 48.5 Å². The summed E-state index contributed by atoms with van der Waals surface area (Å²) in [6, 6.07) is 17.6. The minimum Gasteiger partial charge on any atom is -0.493 e. The van der Waals surface area contributed by atoms with Crippen molar-refractivity contribution in [1.29, 1.82) is 0 Å². The van der Waals surface area contributed by atoms with Gasteiger partial charge in [0.05, 0.1) is 24.8 Å². The number of carbonyl (C=O) groups is 1. The fraction of sp³-hybridized carbons (Fsp3) is 0.0909. The molecule has 4 rings (SSSR count). The maximum atomic E-state index is 12.5. The summed E-state index contributed by atoms with van der Waals surface area (Å²) >= 11 is 6.09. The number of anilines is 1. The van der Waals surface area contributed by atoms with Crippen molar-refractivity contribution in [3.8, 4) is 23.0 Å². The van der Waals surface area contributed by atoms with Crippen LogP contribution in [0.5, 0.6) is 11.5 Å². The third-order valence-corrected chi connectivity index (χ3v) is 4.72.